The Morgan fingerprint density at radius 3 is 2.67 bits per heavy atom. The van der Waals surface area contributed by atoms with Gasteiger partial charge in [-0.25, -0.2) is 0 Å². The number of nitrogens with one attached hydrogen (secondary N) is 1. The average Bonchev–Trinajstić information content (AvgIpc) is 2.76. The summed E-state index contributed by atoms with van der Waals surface area (Å²) in [5.74, 6) is 0.0904. The molecule has 1 N–H and O–H groups in total. The summed E-state index contributed by atoms with van der Waals surface area (Å²) in [6.45, 7) is 4.55. The van der Waals surface area contributed by atoms with E-state index in [9.17, 15) is 4.79 Å². The molecule has 4 heteroatoms. The number of carbonyl (C=O) groups is 1. The lowest BCUT2D eigenvalue weighted by molar-refractivity contribution is -0.125. The summed E-state index contributed by atoms with van der Waals surface area (Å²) in [6, 6.07) is 8.03. The van der Waals surface area contributed by atoms with E-state index in [0.29, 0.717) is 6.61 Å². The van der Waals surface area contributed by atoms with Crippen LogP contribution in [0.25, 0.3) is 0 Å². The first kappa shape index (κ1) is 13.6. The number of rotatable bonds is 3. The van der Waals surface area contributed by atoms with Gasteiger partial charge >= 0.3 is 0 Å². The monoisotopic (exact) mass is 311 g/mol. The number of hydrogen-bond acceptors (Lipinski definition) is 2. The van der Waals surface area contributed by atoms with Gasteiger partial charge in [-0.1, -0.05) is 28.1 Å². The van der Waals surface area contributed by atoms with Crippen molar-refractivity contribution >= 4 is 21.8 Å². The van der Waals surface area contributed by atoms with E-state index in [1.807, 2.05) is 38.1 Å². The highest BCUT2D eigenvalue weighted by Crippen LogP contribution is 2.21. The van der Waals surface area contributed by atoms with Gasteiger partial charge in [-0.3, -0.25) is 4.79 Å². The van der Waals surface area contributed by atoms with Crippen LogP contribution in [0.2, 0.25) is 0 Å². The molecule has 1 heterocycles. The summed E-state index contributed by atoms with van der Waals surface area (Å²) in [7, 11) is 0. The number of ether oxygens (including phenoxy) is 1. The van der Waals surface area contributed by atoms with Crippen LogP contribution >= 0.6 is 15.9 Å². The van der Waals surface area contributed by atoms with Gasteiger partial charge in [-0.15, -0.1) is 0 Å². The third-order valence-corrected chi connectivity index (χ3v) is 3.83. The van der Waals surface area contributed by atoms with Crippen LogP contribution in [0.5, 0.6) is 0 Å². The topological polar surface area (TPSA) is 38.3 Å². The van der Waals surface area contributed by atoms with Crippen LogP contribution in [0.15, 0.2) is 28.7 Å². The van der Waals surface area contributed by atoms with Crippen LogP contribution in [0, 0.1) is 5.92 Å². The number of amides is 1. The van der Waals surface area contributed by atoms with Crippen LogP contribution in [0.1, 0.15) is 31.9 Å². The highest BCUT2D eigenvalue weighted by molar-refractivity contribution is 9.10. The van der Waals surface area contributed by atoms with Gasteiger partial charge in [-0.05, 0) is 38.0 Å². The Morgan fingerprint density at radius 2 is 2.11 bits per heavy atom. The van der Waals surface area contributed by atoms with Crippen LogP contribution in [-0.2, 0) is 9.53 Å². The fourth-order valence-corrected chi connectivity index (χ4v) is 2.43. The Kier molecular flexibility index (Phi) is 4.40. The van der Waals surface area contributed by atoms with Crippen molar-refractivity contribution in [1.29, 1.82) is 0 Å². The molecule has 0 spiro atoms. The Hall–Kier alpha value is -0.870. The third-order valence-electron chi connectivity index (χ3n) is 3.30. The van der Waals surface area contributed by atoms with Gasteiger partial charge in [0.05, 0.1) is 24.7 Å². The molecule has 1 aromatic carbocycles. The van der Waals surface area contributed by atoms with Crippen molar-refractivity contribution in [3.05, 3.63) is 34.3 Å². The quantitative estimate of drug-likeness (QED) is 0.931. The first-order valence-electron chi connectivity index (χ1n) is 6.23. The standard InChI is InChI=1S/C14H18BrNO2/c1-9-7-12(8-18-9)14(17)16-10(2)11-3-5-13(15)6-4-11/h3-6,9-10,12H,7-8H2,1-2H3,(H,16,17). The van der Waals surface area contributed by atoms with E-state index in [1.54, 1.807) is 0 Å². The van der Waals surface area contributed by atoms with Crippen molar-refractivity contribution < 1.29 is 9.53 Å². The van der Waals surface area contributed by atoms with Gasteiger partial charge in [0.1, 0.15) is 0 Å². The van der Waals surface area contributed by atoms with E-state index in [2.05, 4.69) is 21.2 Å². The molecule has 18 heavy (non-hydrogen) atoms. The van der Waals surface area contributed by atoms with E-state index in [0.717, 1.165) is 16.5 Å². The number of hydrogen-bond donors (Lipinski definition) is 1. The van der Waals surface area contributed by atoms with Gasteiger partial charge in [0.25, 0.3) is 0 Å². The molecule has 3 unspecified atom stereocenters. The zero-order valence-corrected chi connectivity index (χ0v) is 12.2. The van der Waals surface area contributed by atoms with Gasteiger partial charge < -0.3 is 10.1 Å². The van der Waals surface area contributed by atoms with E-state index >= 15 is 0 Å². The van der Waals surface area contributed by atoms with Crippen molar-refractivity contribution in [2.45, 2.75) is 32.4 Å². The number of benzene rings is 1. The molecule has 0 saturated carbocycles. The van der Waals surface area contributed by atoms with E-state index in [4.69, 9.17) is 4.74 Å². The molecular weight excluding hydrogens is 294 g/mol. The summed E-state index contributed by atoms with van der Waals surface area (Å²) >= 11 is 3.40. The second-order valence-corrected chi connectivity index (χ2v) is 5.77. The molecule has 0 aromatic heterocycles. The predicted molar refractivity (Wildman–Crippen MR) is 74.2 cm³/mol. The Bertz CT molecular complexity index is 418. The Labute approximate surface area is 116 Å². The molecule has 1 aliphatic heterocycles. The molecule has 1 fully saturated rings. The summed E-state index contributed by atoms with van der Waals surface area (Å²) in [6.07, 6.45) is 1.02. The number of carbonyl (C=O) groups excluding carboxylic acids is 1. The SMILES string of the molecule is CC1CC(C(=O)NC(C)c2ccc(Br)cc2)CO1. The third kappa shape index (κ3) is 3.33. The maximum absolute atomic E-state index is 12.0. The highest BCUT2D eigenvalue weighted by Gasteiger charge is 2.28. The maximum atomic E-state index is 12.0. The van der Waals surface area contributed by atoms with Gasteiger partial charge in [0, 0.05) is 4.47 Å². The first-order valence-corrected chi connectivity index (χ1v) is 7.03. The van der Waals surface area contributed by atoms with Crippen molar-refractivity contribution in [2.24, 2.45) is 5.92 Å². The lowest BCUT2D eigenvalue weighted by atomic mass is 10.0. The Balaban J connectivity index is 1.92. The zero-order chi connectivity index (χ0) is 13.1. The molecule has 98 valence electrons. The van der Waals surface area contributed by atoms with Crippen LogP contribution in [0.4, 0.5) is 0 Å². The highest BCUT2D eigenvalue weighted by atomic mass is 79.9. The maximum Gasteiger partial charge on any atom is 0.226 e. The normalized spacial score (nSPS) is 24.8. The van der Waals surface area contributed by atoms with Crippen molar-refractivity contribution in [2.75, 3.05) is 6.61 Å². The second kappa shape index (κ2) is 5.85. The molecule has 3 nitrogen and oxygen atoms in total. The van der Waals surface area contributed by atoms with E-state index in [1.165, 1.54) is 0 Å². The lowest BCUT2D eigenvalue weighted by Crippen LogP contribution is -2.33. The second-order valence-electron chi connectivity index (χ2n) is 4.86. The Morgan fingerprint density at radius 1 is 1.44 bits per heavy atom. The molecule has 2 rings (SSSR count). The van der Waals surface area contributed by atoms with Crippen molar-refractivity contribution in [1.82, 2.24) is 5.32 Å². The minimum Gasteiger partial charge on any atom is -0.378 e. The van der Waals surface area contributed by atoms with Crippen molar-refractivity contribution in [3.8, 4) is 0 Å². The van der Waals surface area contributed by atoms with Crippen LogP contribution in [0.3, 0.4) is 0 Å². The number of halogens is 1. The van der Waals surface area contributed by atoms with Crippen LogP contribution in [-0.4, -0.2) is 18.6 Å². The van der Waals surface area contributed by atoms with Gasteiger partial charge in [0.15, 0.2) is 0 Å². The minimum atomic E-state index is -0.00195. The fourth-order valence-electron chi connectivity index (χ4n) is 2.17. The average molecular weight is 312 g/mol. The van der Waals surface area contributed by atoms with Gasteiger partial charge in [0.2, 0.25) is 5.91 Å². The largest absolute Gasteiger partial charge is 0.378 e. The predicted octanol–water partition coefficient (Wildman–Crippen LogP) is 3.05. The van der Waals surface area contributed by atoms with E-state index in [-0.39, 0.29) is 24.0 Å². The summed E-state index contributed by atoms with van der Waals surface area (Å²) in [4.78, 5) is 12.0. The van der Waals surface area contributed by atoms with Gasteiger partial charge in [-0.2, -0.15) is 0 Å². The minimum absolute atomic E-state index is 0.00195. The zero-order valence-electron chi connectivity index (χ0n) is 10.7. The molecule has 0 aliphatic carbocycles. The molecule has 1 saturated heterocycles. The van der Waals surface area contributed by atoms with Crippen LogP contribution < -0.4 is 5.32 Å². The first-order chi connectivity index (χ1) is 8.56. The molecular formula is C14H18BrNO2. The fraction of sp³-hybridized carbons (Fsp3) is 0.500. The molecule has 0 radical (unpaired) electrons. The van der Waals surface area contributed by atoms with E-state index < -0.39 is 0 Å². The molecule has 1 amide bonds. The smallest absolute Gasteiger partial charge is 0.226 e. The molecule has 0 bridgehead atoms. The summed E-state index contributed by atoms with van der Waals surface area (Å²) in [5.41, 5.74) is 1.11. The lowest BCUT2D eigenvalue weighted by Gasteiger charge is -2.16. The summed E-state index contributed by atoms with van der Waals surface area (Å²) in [5, 5.41) is 3.04. The summed E-state index contributed by atoms with van der Waals surface area (Å²) < 4.78 is 6.47. The molecule has 3 atom stereocenters. The van der Waals surface area contributed by atoms with Crippen molar-refractivity contribution in [3.63, 3.8) is 0 Å². The molecule has 1 aromatic rings. The molecule has 1 aliphatic rings.